The summed E-state index contributed by atoms with van der Waals surface area (Å²) in [6.07, 6.45) is 2.58. The van der Waals surface area contributed by atoms with Crippen LogP contribution >= 0.6 is 12.2 Å². The van der Waals surface area contributed by atoms with E-state index in [4.69, 9.17) is 17.0 Å². The quantitative estimate of drug-likeness (QED) is 0.466. The first-order valence-corrected chi connectivity index (χ1v) is 9.88. The summed E-state index contributed by atoms with van der Waals surface area (Å²) >= 11 is 4.89. The van der Waals surface area contributed by atoms with Gasteiger partial charge in [0.1, 0.15) is 5.78 Å². The molecule has 142 valence electrons. The number of hydrogen-bond donors (Lipinski definition) is 0. The smallest absolute Gasteiger partial charge is 0.130 e. The fourth-order valence-corrected chi connectivity index (χ4v) is 3.71. The number of Topliss-reactive ketones (excluding diaryl/α,β-unsaturated/α-hetero) is 1. The molecule has 0 amide bonds. The molecule has 0 bridgehead atoms. The number of ether oxygens (including phenoxy) is 1. The van der Waals surface area contributed by atoms with Gasteiger partial charge in [-0.25, -0.2) is 0 Å². The van der Waals surface area contributed by atoms with Gasteiger partial charge in [-0.15, -0.1) is 0 Å². The third-order valence-corrected chi connectivity index (χ3v) is 4.92. The van der Waals surface area contributed by atoms with Crippen molar-refractivity contribution in [2.75, 3.05) is 24.7 Å². The van der Waals surface area contributed by atoms with Gasteiger partial charge in [0.25, 0.3) is 0 Å². The van der Waals surface area contributed by atoms with Gasteiger partial charge in [0, 0.05) is 32.2 Å². The number of aliphatic imine (C=N–C) groups is 1. The molecule has 1 aliphatic rings. The summed E-state index contributed by atoms with van der Waals surface area (Å²) in [5.41, 5.74) is 3.06. The molecule has 1 aromatic rings. The Morgan fingerprint density at radius 3 is 2.62 bits per heavy atom. The molecular formula is C21H30N2O2S. The van der Waals surface area contributed by atoms with Crippen LogP contribution in [0.4, 0.5) is 11.4 Å². The molecule has 0 aromatic heterocycles. The minimum atomic E-state index is 0.169. The third kappa shape index (κ3) is 5.73. The molecule has 0 spiro atoms. The van der Waals surface area contributed by atoms with Gasteiger partial charge in [0.05, 0.1) is 16.5 Å². The van der Waals surface area contributed by atoms with E-state index >= 15 is 0 Å². The first-order chi connectivity index (χ1) is 12.4. The molecule has 0 aliphatic carbocycles. The lowest BCUT2D eigenvalue weighted by atomic mass is 9.94. The Morgan fingerprint density at radius 1 is 1.35 bits per heavy atom. The van der Waals surface area contributed by atoms with Gasteiger partial charge in [-0.3, -0.25) is 0 Å². The standard InChI is InChI=1S/C21H30N2O2S/c1-15(2)13-23(19-7-9-25-10-8-19)21-6-5-18(12-20(21)22-14-26)16(3)11-17(4)24/h5-6,12,15-16,19H,7-11,13H2,1-4H3/t16-/m1/s1. The van der Waals surface area contributed by atoms with Crippen molar-refractivity contribution in [3.63, 3.8) is 0 Å². The van der Waals surface area contributed by atoms with E-state index in [0.717, 1.165) is 49.5 Å². The Bertz CT molecular complexity index is 662. The second kappa shape index (κ2) is 9.96. The lowest BCUT2D eigenvalue weighted by molar-refractivity contribution is -0.117. The fraction of sp³-hybridized carbons (Fsp3) is 0.619. The van der Waals surface area contributed by atoms with E-state index < -0.39 is 0 Å². The van der Waals surface area contributed by atoms with Gasteiger partial charge in [0.15, 0.2) is 0 Å². The van der Waals surface area contributed by atoms with E-state index in [0.29, 0.717) is 18.4 Å². The summed E-state index contributed by atoms with van der Waals surface area (Å²) in [5, 5.41) is 2.53. The molecule has 0 N–H and O–H groups in total. The summed E-state index contributed by atoms with van der Waals surface area (Å²) in [5.74, 6) is 0.908. The van der Waals surface area contributed by atoms with E-state index in [1.54, 1.807) is 6.92 Å². The normalized spacial score (nSPS) is 16.2. The van der Waals surface area contributed by atoms with Crippen LogP contribution in [-0.4, -0.2) is 36.7 Å². The van der Waals surface area contributed by atoms with E-state index in [2.05, 4.69) is 54.0 Å². The maximum absolute atomic E-state index is 11.5. The van der Waals surface area contributed by atoms with Crippen LogP contribution < -0.4 is 4.90 Å². The third-order valence-electron chi connectivity index (χ3n) is 4.83. The predicted molar refractivity (Wildman–Crippen MR) is 111 cm³/mol. The fourth-order valence-electron chi connectivity index (χ4n) is 3.61. The number of isothiocyanates is 1. The van der Waals surface area contributed by atoms with Crippen molar-refractivity contribution in [3.05, 3.63) is 23.8 Å². The summed E-state index contributed by atoms with van der Waals surface area (Å²) in [7, 11) is 0. The average Bonchev–Trinajstić information content (AvgIpc) is 2.60. The van der Waals surface area contributed by atoms with Gasteiger partial charge in [-0.1, -0.05) is 26.8 Å². The molecule has 4 nitrogen and oxygen atoms in total. The second-order valence-electron chi connectivity index (χ2n) is 7.65. The lowest BCUT2D eigenvalue weighted by Crippen LogP contribution is -2.41. The molecule has 1 heterocycles. The number of ketones is 1. The van der Waals surface area contributed by atoms with E-state index in [9.17, 15) is 4.79 Å². The number of carbonyl (C=O) groups excluding carboxylic acids is 1. The van der Waals surface area contributed by atoms with E-state index in [-0.39, 0.29) is 11.7 Å². The number of nitrogens with zero attached hydrogens (tertiary/aromatic N) is 2. The Kier molecular flexibility index (Phi) is 7.95. The van der Waals surface area contributed by atoms with Crippen LogP contribution in [0.5, 0.6) is 0 Å². The maximum atomic E-state index is 11.5. The van der Waals surface area contributed by atoms with Gasteiger partial charge in [0.2, 0.25) is 0 Å². The number of carbonyl (C=O) groups is 1. The molecule has 2 rings (SSSR count). The van der Waals surface area contributed by atoms with Gasteiger partial charge in [-0.05, 0) is 61.5 Å². The molecular weight excluding hydrogens is 344 g/mol. The van der Waals surface area contributed by atoms with Crippen LogP contribution in [0, 0.1) is 5.92 Å². The molecule has 1 atom stereocenters. The van der Waals surface area contributed by atoms with Crippen LogP contribution in [0.2, 0.25) is 0 Å². The number of hydrogen-bond acceptors (Lipinski definition) is 5. The monoisotopic (exact) mass is 374 g/mol. The molecule has 0 saturated carbocycles. The van der Waals surface area contributed by atoms with Crippen molar-refractivity contribution < 1.29 is 9.53 Å². The van der Waals surface area contributed by atoms with E-state index in [1.165, 1.54) is 0 Å². The maximum Gasteiger partial charge on any atom is 0.130 e. The van der Waals surface area contributed by atoms with Crippen molar-refractivity contribution >= 4 is 34.5 Å². The summed E-state index contributed by atoms with van der Waals surface area (Å²) in [6.45, 7) is 10.8. The molecule has 1 aliphatic heterocycles. The topological polar surface area (TPSA) is 41.9 Å². The minimum absolute atomic E-state index is 0.169. The molecule has 1 aromatic carbocycles. The lowest BCUT2D eigenvalue weighted by Gasteiger charge is -2.38. The minimum Gasteiger partial charge on any atom is -0.381 e. The van der Waals surface area contributed by atoms with Crippen molar-refractivity contribution in [1.82, 2.24) is 0 Å². The van der Waals surface area contributed by atoms with E-state index in [1.807, 2.05) is 0 Å². The van der Waals surface area contributed by atoms with Crippen LogP contribution in [0.15, 0.2) is 23.2 Å². The summed E-state index contributed by atoms with van der Waals surface area (Å²) in [6, 6.07) is 6.77. The number of thiocarbonyl (C=S) groups is 1. The zero-order valence-corrected chi connectivity index (χ0v) is 17.1. The molecule has 5 heteroatoms. The van der Waals surface area contributed by atoms with Gasteiger partial charge >= 0.3 is 0 Å². The zero-order chi connectivity index (χ0) is 19.1. The largest absolute Gasteiger partial charge is 0.381 e. The highest BCUT2D eigenvalue weighted by Crippen LogP contribution is 2.36. The Hall–Kier alpha value is -1.55. The highest BCUT2D eigenvalue weighted by atomic mass is 32.1. The van der Waals surface area contributed by atoms with Crippen molar-refractivity contribution in [3.8, 4) is 0 Å². The average molecular weight is 375 g/mol. The SMILES string of the molecule is CC(=O)C[C@@H](C)c1ccc(N(CC(C)C)C2CCOCC2)c(N=C=S)c1. The Labute approximate surface area is 162 Å². The molecule has 1 fully saturated rings. The number of rotatable bonds is 8. The molecule has 26 heavy (non-hydrogen) atoms. The van der Waals surface area contributed by atoms with Crippen molar-refractivity contribution in [2.45, 2.75) is 58.9 Å². The zero-order valence-electron chi connectivity index (χ0n) is 16.3. The van der Waals surface area contributed by atoms with Crippen molar-refractivity contribution in [1.29, 1.82) is 0 Å². The second-order valence-corrected chi connectivity index (χ2v) is 7.83. The van der Waals surface area contributed by atoms with Crippen LogP contribution in [0.1, 0.15) is 58.4 Å². The van der Waals surface area contributed by atoms with Crippen LogP contribution in [-0.2, 0) is 9.53 Å². The predicted octanol–water partition coefficient (Wildman–Crippen LogP) is 5.14. The first-order valence-electron chi connectivity index (χ1n) is 9.48. The van der Waals surface area contributed by atoms with Crippen LogP contribution in [0.3, 0.4) is 0 Å². The highest BCUT2D eigenvalue weighted by molar-refractivity contribution is 7.78. The molecule has 1 saturated heterocycles. The van der Waals surface area contributed by atoms with Crippen LogP contribution in [0.25, 0.3) is 0 Å². The number of benzene rings is 1. The van der Waals surface area contributed by atoms with Gasteiger partial charge < -0.3 is 14.4 Å². The summed E-state index contributed by atoms with van der Waals surface area (Å²) in [4.78, 5) is 18.3. The highest BCUT2D eigenvalue weighted by Gasteiger charge is 2.25. The van der Waals surface area contributed by atoms with Crippen molar-refractivity contribution in [2.24, 2.45) is 10.9 Å². The summed E-state index contributed by atoms with van der Waals surface area (Å²) < 4.78 is 5.54. The molecule has 0 unspecified atom stereocenters. The number of anilines is 1. The molecule has 0 radical (unpaired) electrons. The Balaban J connectivity index is 2.39. The van der Waals surface area contributed by atoms with Gasteiger partial charge in [-0.2, -0.15) is 4.99 Å². The first kappa shape index (κ1) is 20.8. The Morgan fingerprint density at radius 2 is 2.04 bits per heavy atom.